The van der Waals surface area contributed by atoms with Crippen molar-refractivity contribution in [3.05, 3.63) is 42.5 Å². The lowest BCUT2D eigenvalue weighted by atomic mass is 10.2. The molecule has 7 heteroatoms. The number of benzene rings is 1. The van der Waals surface area contributed by atoms with E-state index in [4.69, 9.17) is 4.74 Å². The lowest BCUT2D eigenvalue weighted by molar-refractivity contribution is -0.153. The summed E-state index contributed by atoms with van der Waals surface area (Å²) in [6, 6.07) is 6.13. The van der Waals surface area contributed by atoms with Gasteiger partial charge in [0, 0.05) is 6.54 Å². The number of hydrogen-bond donors (Lipinski definition) is 1. The molecule has 1 unspecified atom stereocenters. The zero-order valence-electron chi connectivity index (χ0n) is 12.9. The van der Waals surface area contributed by atoms with Crippen molar-refractivity contribution in [3.63, 3.8) is 0 Å². The maximum absolute atomic E-state index is 12.1. The lowest BCUT2D eigenvalue weighted by Gasteiger charge is -2.13. The quantitative estimate of drug-likeness (QED) is 0.558. The van der Waals surface area contributed by atoms with Gasteiger partial charge in [0.15, 0.2) is 6.61 Å². The van der Waals surface area contributed by atoms with Gasteiger partial charge in [-0.25, -0.2) is 0 Å². The first-order valence-corrected chi connectivity index (χ1v) is 7.10. The molecular formula is C16H20F3NO3. The smallest absolute Gasteiger partial charge is 0.422 e. The van der Waals surface area contributed by atoms with Gasteiger partial charge in [0.1, 0.15) is 11.9 Å². The van der Waals surface area contributed by atoms with E-state index in [9.17, 15) is 18.0 Å². The third kappa shape index (κ3) is 8.25. The summed E-state index contributed by atoms with van der Waals surface area (Å²) in [7, 11) is 0. The van der Waals surface area contributed by atoms with Crippen LogP contribution in [0.4, 0.5) is 13.2 Å². The van der Waals surface area contributed by atoms with Gasteiger partial charge < -0.3 is 14.8 Å². The molecule has 0 saturated heterocycles. The van der Waals surface area contributed by atoms with E-state index in [2.05, 4.69) is 16.6 Å². The van der Waals surface area contributed by atoms with Crippen molar-refractivity contribution >= 4 is 5.91 Å². The second kappa shape index (κ2) is 9.19. The van der Waals surface area contributed by atoms with Gasteiger partial charge in [-0.3, -0.25) is 4.79 Å². The molecule has 1 atom stereocenters. The average molecular weight is 331 g/mol. The molecule has 0 aliphatic rings. The molecule has 0 saturated carbocycles. The van der Waals surface area contributed by atoms with E-state index in [-0.39, 0.29) is 18.2 Å². The second-order valence-electron chi connectivity index (χ2n) is 4.86. The van der Waals surface area contributed by atoms with Crippen molar-refractivity contribution < 1.29 is 27.4 Å². The molecule has 0 fully saturated rings. The zero-order chi connectivity index (χ0) is 17.3. The number of rotatable bonds is 9. The molecule has 1 rings (SSSR count). The Bertz CT molecular complexity index is 518. The standard InChI is InChI=1S/C16H20F3NO3/c1-3-4-8-22-12(2)15(21)20-10-13-6-5-7-14(9-13)23-11-16(17,18)19/h3,5-7,9,12H,1,4,8,10-11H2,2H3,(H,20,21). The van der Waals surface area contributed by atoms with Crippen LogP contribution >= 0.6 is 0 Å². The van der Waals surface area contributed by atoms with Crippen LogP contribution in [0.3, 0.4) is 0 Å². The Hall–Kier alpha value is -2.02. The molecule has 1 aromatic rings. The van der Waals surface area contributed by atoms with Gasteiger partial charge in [-0.1, -0.05) is 18.2 Å². The normalized spacial score (nSPS) is 12.5. The molecule has 23 heavy (non-hydrogen) atoms. The fourth-order valence-corrected chi connectivity index (χ4v) is 1.65. The molecular weight excluding hydrogens is 311 g/mol. The van der Waals surface area contributed by atoms with Gasteiger partial charge >= 0.3 is 6.18 Å². The highest BCUT2D eigenvalue weighted by Crippen LogP contribution is 2.19. The molecule has 4 nitrogen and oxygen atoms in total. The number of alkyl halides is 3. The number of carbonyl (C=O) groups excluding carboxylic acids is 1. The Labute approximate surface area is 133 Å². The highest BCUT2D eigenvalue weighted by atomic mass is 19.4. The van der Waals surface area contributed by atoms with Crippen LogP contribution in [0.25, 0.3) is 0 Å². The molecule has 0 aromatic heterocycles. The minimum Gasteiger partial charge on any atom is -0.484 e. The summed E-state index contributed by atoms with van der Waals surface area (Å²) in [5, 5.41) is 2.66. The largest absolute Gasteiger partial charge is 0.484 e. The molecule has 0 bridgehead atoms. The number of amides is 1. The zero-order valence-corrected chi connectivity index (χ0v) is 12.9. The predicted octanol–water partition coefficient (Wildman–Crippen LogP) is 3.23. The summed E-state index contributed by atoms with van der Waals surface area (Å²) < 4.78 is 46.3. The average Bonchev–Trinajstić information content (AvgIpc) is 2.50. The molecule has 1 amide bonds. The highest BCUT2D eigenvalue weighted by Gasteiger charge is 2.28. The van der Waals surface area contributed by atoms with Gasteiger partial charge in [-0.15, -0.1) is 6.58 Å². The fourth-order valence-electron chi connectivity index (χ4n) is 1.65. The van der Waals surface area contributed by atoms with Gasteiger partial charge in [0.25, 0.3) is 0 Å². The first-order valence-electron chi connectivity index (χ1n) is 7.10. The summed E-state index contributed by atoms with van der Waals surface area (Å²) in [4.78, 5) is 11.8. The van der Waals surface area contributed by atoms with E-state index in [1.54, 1.807) is 25.1 Å². The van der Waals surface area contributed by atoms with Crippen LogP contribution in [0, 0.1) is 0 Å². The van der Waals surface area contributed by atoms with E-state index in [1.165, 1.54) is 12.1 Å². The van der Waals surface area contributed by atoms with Crippen molar-refractivity contribution in [2.45, 2.75) is 32.2 Å². The maximum atomic E-state index is 12.1. The third-order valence-electron chi connectivity index (χ3n) is 2.83. The Morgan fingerprint density at radius 3 is 2.83 bits per heavy atom. The summed E-state index contributed by atoms with van der Waals surface area (Å²) in [6.45, 7) is 4.41. The Balaban J connectivity index is 2.45. The number of nitrogens with one attached hydrogen (secondary N) is 1. The number of hydrogen-bond acceptors (Lipinski definition) is 3. The second-order valence-corrected chi connectivity index (χ2v) is 4.86. The molecule has 1 N–H and O–H groups in total. The van der Waals surface area contributed by atoms with E-state index in [0.29, 0.717) is 18.6 Å². The van der Waals surface area contributed by atoms with Crippen molar-refractivity contribution in [1.82, 2.24) is 5.32 Å². The van der Waals surface area contributed by atoms with E-state index < -0.39 is 18.9 Å². The lowest BCUT2D eigenvalue weighted by Crippen LogP contribution is -2.34. The van der Waals surface area contributed by atoms with Crippen molar-refractivity contribution in [1.29, 1.82) is 0 Å². The summed E-state index contributed by atoms with van der Waals surface area (Å²) in [5.74, 6) is -0.194. The minimum absolute atomic E-state index is 0.101. The van der Waals surface area contributed by atoms with Crippen LogP contribution in [0.2, 0.25) is 0 Å². The van der Waals surface area contributed by atoms with Gasteiger partial charge in [-0.2, -0.15) is 13.2 Å². The van der Waals surface area contributed by atoms with Crippen LogP contribution in [0.15, 0.2) is 36.9 Å². The number of ether oxygens (including phenoxy) is 2. The summed E-state index contributed by atoms with van der Waals surface area (Å²) >= 11 is 0. The molecule has 1 aromatic carbocycles. The van der Waals surface area contributed by atoms with E-state index in [0.717, 1.165) is 0 Å². The molecule has 0 spiro atoms. The van der Waals surface area contributed by atoms with E-state index in [1.807, 2.05) is 0 Å². The van der Waals surface area contributed by atoms with Crippen LogP contribution in [0.1, 0.15) is 18.9 Å². The fraction of sp³-hybridized carbons (Fsp3) is 0.438. The van der Waals surface area contributed by atoms with Crippen LogP contribution in [0.5, 0.6) is 5.75 Å². The molecule has 0 aliphatic carbocycles. The van der Waals surface area contributed by atoms with Crippen LogP contribution < -0.4 is 10.1 Å². The summed E-state index contributed by atoms with van der Waals surface area (Å²) in [5.41, 5.74) is 0.635. The van der Waals surface area contributed by atoms with Crippen molar-refractivity contribution in [2.24, 2.45) is 0 Å². The van der Waals surface area contributed by atoms with Gasteiger partial charge in [0.05, 0.1) is 6.61 Å². The Morgan fingerprint density at radius 2 is 2.17 bits per heavy atom. The minimum atomic E-state index is -4.39. The molecule has 128 valence electrons. The Kier molecular flexibility index (Phi) is 7.61. The van der Waals surface area contributed by atoms with Gasteiger partial charge in [-0.05, 0) is 31.0 Å². The van der Waals surface area contributed by atoms with Gasteiger partial charge in [0.2, 0.25) is 5.91 Å². The first-order chi connectivity index (χ1) is 10.8. The number of halogens is 3. The van der Waals surface area contributed by atoms with Crippen molar-refractivity contribution in [2.75, 3.05) is 13.2 Å². The molecule has 0 heterocycles. The SMILES string of the molecule is C=CCCOC(C)C(=O)NCc1cccc(OCC(F)(F)F)c1. The highest BCUT2D eigenvalue weighted by molar-refractivity contribution is 5.80. The summed E-state index contributed by atoms with van der Waals surface area (Å²) in [6.07, 6.45) is -2.66. The van der Waals surface area contributed by atoms with Crippen molar-refractivity contribution in [3.8, 4) is 5.75 Å². The molecule has 0 aliphatic heterocycles. The van der Waals surface area contributed by atoms with Crippen LogP contribution in [-0.2, 0) is 16.1 Å². The predicted molar refractivity (Wildman–Crippen MR) is 80.1 cm³/mol. The molecule has 0 radical (unpaired) electrons. The number of carbonyl (C=O) groups is 1. The van der Waals surface area contributed by atoms with Crippen LogP contribution in [-0.4, -0.2) is 31.4 Å². The Morgan fingerprint density at radius 1 is 1.43 bits per heavy atom. The topological polar surface area (TPSA) is 47.6 Å². The maximum Gasteiger partial charge on any atom is 0.422 e. The monoisotopic (exact) mass is 331 g/mol. The third-order valence-corrected chi connectivity index (χ3v) is 2.83. The van der Waals surface area contributed by atoms with E-state index >= 15 is 0 Å². The first kappa shape index (κ1) is 19.0.